The largest absolute Gasteiger partial charge is 0.489 e. The van der Waals surface area contributed by atoms with Crippen molar-refractivity contribution >= 4 is 33.7 Å². The van der Waals surface area contributed by atoms with Crippen molar-refractivity contribution in [3.8, 4) is 0 Å². The fraction of sp³-hybridized carbons (Fsp3) is 0.222. The molecule has 0 spiro atoms. The van der Waals surface area contributed by atoms with Crippen molar-refractivity contribution in [2.24, 2.45) is 0 Å². The summed E-state index contributed by atoms with van der Waals surface area (Å²) in [6, 6.07) is 8.09. The molecule has 3 heteroatoms. The normalized spacial score (nSPS) is 9.42. The Morgan fingerprint density at radius 2 is 2.17 bits per heavy atom. The first-order valence-corrected chi connectivity index (χ1v) is 4.89. The SMILES string of the molecule is S=COCCc1ccccc1Br. The molecule has 64 valence electrons. The summed E-state index contributed by atoms with van der Waals surface area (Å²) in [5, 5.41) is 0. The summed E-state index contributed by atoms with van der Waals surface area (Å²) in [4.78, 5) is 0. The van der Waals surface area contributed by atoms with Gasteiger partial charge in [0.05, 0.1) is 6.61 Å². The van der Waals surface area contributed by atoms with Crippen LogP contribution in [0, 0.1) is 0 Å². The van der Waals surface area contributed by atoms with Crippen LogP contribution in [0.25, 0.3) is 0 Å². The van der Waals surface area contributed by atoms with Crippen molar-refractivity contribution in [2.45, 2.75) is 6.42 Å². The van der Waals surface area contributed by atoms with E-state index in [2.05, 4.69) is 34.2 Å². The first-order chi connectivity index (χ1) is 5.84. The molecular formula is C9H9BrOS. The van der Waals surface area contributed by atoms with Gasteiger partial charge in [0.2, 0.25) is 0 Å². The number of halogens is 1. The molecule has 0 aliphatic carbocycles. The number of benzene rings is 1. The van der Waals surface area contributed by atoms with Crippen molar-refractivity contribution in [3.63, 3.8) is 0 Å². The summed E-state index contributed by atoms with van der Waals surface area (Å²) in [7, 11) is 0. The van der Waals surface area contributed by atoms with Crippen LogP contribution in [-0.4, -0.2) is 12.2 Å². The number of hydrogen-bond acceptors (Lipinski definition) is 2. The lowest BCUT2D eigenvalue weighted by Crippen LogP contribution is -1.96. The molecule has 1 aromatic rings. The van der Waals surface area contributed by atoms with Crippen molar-refractivity contribution in [3.05, 3.63) is 34.3 Å². The predicted molar refractivity (Wildman–Crippen MR) is 57.5 cm³/mol. The molecule has 0 aromatic heterocycles. The van der Waals surface area contributed by atoms with Crippen LogP contribution in [0.4, 0.5) is 0 Å². The molecule has 0 fully saturated rings. The third-order valence-electron chi connectivity index (χ3n) is 1.52. The molecule has 0 amide bonds. The van der Waals surface area contributed by atoms with Gasteiger partial charge in [0.25, 0.3) is 0 Å². The maximum absolute atomic E-state index is 4.96. The molecule has 0 saturated carbocycles. The zero-order chi connectivity index (χ0) is 8.81. The van der Waals surface area contributed by atoms with Crippen LogP contribution in [0.15, 0.2) is 28.7 Å². The number of thiocarbonyl (C=S) groups is 1. The Bertz CT molecular complexity index is 262. The van der Waals surface area contributed by atoms with Crippen molar-refractivity contribution < 1.29 is 4.74 Å². The van der Waals surface area contributed by atoms with Gasteiger partial charge >= 0.3 is 0 Å². The quantitative estimate of drug-likeness (QED) is 0.595. The van der Waals surface area contributed by atoms with E-state index in [-0.39, 0.29) is 0 Å². The summed E-state index contributed by atoms with van der Waals surface area (Å²) in [6.07, 6.45) is 0.883. The Balaban J connectivity index is 2.51. The van der Waals surface area contributed by atoms with Gasteiger partial charge in [-0.05, 0) is 23.8 Å². The lowest BCUT2D eigenvalue weighted by Gasteiger charge is -2.02. The van der Waals surface area contributed by atoms with Gasteiger partial charge in [-0.25, -0.2) is 0 Å². The van der Waals surface area contributed by atoms with E-state index in [1.807, 2.05) is 18.2 Å². The highest BCUT2D eigenvalue weighted by atomic mass is 79.9. The van der Waals surface area contributed by atoms with E-state index in [1.54, 1.807) is 0 Å². The average Bonchev–Trinajstić information content (AvgIpc) is 2.09. The van der Waals surface area contributed by atoms with E-state index >= 15 is 0 Å². The maximum Gasteiger partial charge on any atom is 0.146 e. The highest BCUT2D eigenvalue weighted by Crippen LogP contribution is 2.15. The van der Waals surface area contributed by atoms with Gasteiger partial charge in [0, 0.05) is 10.9 Å². The van der Waals surface area contributed by atoms with Crippen LogP contribution in [0.2, 0.25) is 0 Å². The lowest BCUT2D eigenvalue weighted by molar-refractivity contribution is 0.331. The molecule has 12 heavy (non-hydrogen) atoms. The minimum Gasteiger partial charge on any atom is -0.489 e. The third-order valence-corrected chi connectivity index (χ3v) is 2.42. The van der Waals surface area contributed by atoms with Crippen LogP contribution in [0.1, 0.15) is 5.56 Å². The Labute approximate surface area is 85.9 Å². The molecule has 0 heterocycles. The standard InChI is InChI=1S/C9H9BrOS/c10-9-4-2-1-3-8(9)5-6-11-7-12/h1-4,7H,5-6H2. The molecule has 0 aliphatic heterocycles. The van der Waals surface area contributed by atoms with Gasteiger partial charge in [0.1, 0.15) is 5.55 Å². The molecule has 1 aromatic carbocycles. The summed E-state index contributed by atoms with van der Waals surface area (Å²) in [5.41, 5.74) is 2.55. The van der Waals surface area contributed by atoms with Crippen molar-refractivity contribution in [1.29, 1.82) is 0 Å². The Morgan fingerprint density at radius 3 is 2.83 bits per heavy atom. The van der Waals surface area contributed by atoms with Gasteiger partial charge < -0.3 is 4.74 Å². The van der Waals surface area contributed by atoms with E-state index in [0.717, 1.165) is 10.9 Å². The topological polar surface area (TPSA) is 9.23 Å². The van der Waals surface area contributed by atoms with Crippen LogP contribution < -0.4 is 0 Å². The number of rotatable bonds is 4. The summed E-state index contributed by atoms with van der Waals surface area (Å²) in [5.74, 6) is 0. The Hall–Kier alpha value is -0.410. The summed E-state index contributed by atoms with van der Waals surface area (Å²) >= 11 is 8.00. The third kappa shape index (κ3) is 2.91. The zero-order valence-corrected chi connectivity index (χ0v) is 8.90. The van der Waals surface area contributed by atoms with E-state index in [9.17, 15) is 0 Å². The highest BCUT2D eigenvalue weighted by molar-refractivity contribution is 9.10. The molecule has 0 unspecified atom stereocenters. The Kier molecular flexibility index (Phi) is 4.25. The second-order valence-electron chi connectivity index (χ2n) is 2.31. The molecule has 0 atom stereocenters. The van der Waals surface area contributed by atoms with Gasteiger partial charge in [-0.3, -0.25) is 0 Å². The second kappa shape index (κ2) is 5.27. The molecular weight excluding hydrogens is 236 g/mol. The summed E-state index contributed by atoms with van der Waals surface area (Å²) in [6.45, 7) is 0.645. The van der Waals surface area contributed by atoms with Gasteiger partial charge in [-0.15, -0.1) is 0 Å². The monoisotopic (exact) mass is 244 g/mol. The van der Waals surface area contributed by atoms with Crippen LogP contribution in [-0.2, 0) is 11.2 Å². The Morgan fingerprint density at radius 1 is 1.42 bits per heavy atom. The fourth-order valence-electron chi connectivity index (χ4n) is 0.918. The highest BCUT2D eigenvalue weighted by Gasteiger charge is 1.96. The van der Waals surface area contributed by atoms with E-state index in [1.165, 1.54) is 11.1 Å². The first kappa shape index (κ1) is 9.68. The van der Waals surface area contributed by atoms with E-state index in [4.69, 9.17) is 4.74 Å². The van der Waals surface area contributed by atoms with E-state index in [0.29, 0.717) is 6.61 Å². The summed E-state index contributed by atoms with van der Waals surface area (Å²) < 4.78 is 6.08. The fourth-order valence-corrected chi connectivity index (χ4v) is 1.50. The first-order valence-electron chi connectivity index (χ1n) is 3.63. The molecule has 0 N–H and O–H groups in total. The van der Waals surface area contributed by atoms with Crippen molar-refractivity contribution in [1.82, 2.24) is 0 Å². The number of hydrogen-bond donors (Lipinski definition) is 0. The smallest absolute Gasteiger partial charge is 0.146 e. The minimum atomic E-state index is 0.645. The molecule has 1 nitrogen and oxygen atoms in total. The van der Waals surface area contributed by atoms with Crippen LogP contribution in [0.3, 0.4) is 0 Å². The van der Waals surface area contributed by atoms with Crippen LogP contribution in [0.5, 0.6) is 0 Å². The van der Waals surface area contributed by atoms with Crippen molar-refractivity contribution in [2.75, 3.05) is 6.61 Å². The molecule has 0 saturated heterocycles. The predicted octanol–water partition coefficient (Wildman–Crippen LogP) is 2.97. The van der Waals surface area contributed by atoms with E-state index < -0.39 is 0 Å². The molecule has 0 bridgehead atoms. The molecule has 0 aliphatic rings. The number of ether oxygens (including phenoxy) is 1. The second-order valence-corrected chi connectivity index (χ2v) is 3.36. The minimum absolute atomic E-state index is 0.645. The maximum atomic E-state index is 4.96. The molecule has 0 radical (unpaired) electrons. The van der Waals surface area contributed by atoms with Crippen LogP contribution >= 0.6 is 28.1 Å². The zero-order valence-electron chi connectivity index (χ0n) is 6.50. The van der Waals surface area contributed by atoms with Gasteiger partial charge in [-0.1, -0.05) is 34.1 Å². The lowest BCUT2D eigenvalue weighted by atomic mass is 10.2. The van der Waals surface area contributed by atoms with Gasteiger partial charge in [-0.2, -0.15) is 0 Å². The molecule has 1 rings (SSSR count). The van der Waals surface area contributed by atoms with Gasteiger partial charge in [0.15, 0.2) is 0 Å². The average molecular weight is 245 g/mol.